The third-order valence-electron chi connectivity index (χ3n) is 3.63. The number of thiazole rings is 1. The average molecular weight is 389 g/mol. The van der Waals surface area contributed by atoms with Gasteiger partial charge in [-0.1, -0.05) is 17.8 Å². The van der Waals surface area contributed by atoms with Crippen LogP contribution in [-0.2, 0) is 12.3 Å². The summed E-state index contributed by atoms with van der Waals surface area (Å²) in [5.74, 6) is 3.43. The smallest absolute Gasteiger partial charge is 0.191 e. The van der Waals surface area contributed by atoms with Crippen molar-refractivity contribution in [1.29, 1.82) is 0 Å². The lowest BCUT2D eigenvalue weighted by atomic mass is 10.4. The lowest BCUT2D eigenvalue weighted by molar-refractivity contribution is 0.548. The standard InChI is InChI=1S/C17H16N4OS3/c1-3-21-15(14-5-4-8-23-14)19-20-17(21)25-10-12-9-24-16(18-12)13-7-6-11(2)22-13/h4-9H,3,10H2,1-2H3. The number of hydrogen-bond donors (Lipinski definition) is 0. The predicted molar refractivity (Wildman–Crippen MR) is 103 cm³/mol. The molecule has 128 valence electrons. The van der Waals surface area contributed by atoms with Gasteiger partial charge in [0.05, 0.1) is 10.6 Å². The molecule has 4 rings (SSSR count). The number of rotatable bonds is 6. The highest BCUT2D eigenvalue weighted by Crippen LogP contribution is 2.31. The lowest BCUT2D eigenvalue weighted by Gasteiger charge is -2.05. The van der Waals surface area contributed by atoms with Crippen molar-refractivity contribution >= 4 is 34.4 Å². The summed E-state index contributed by atoms with van der Waals surface area (Å²) < 4.78 is 7.80. The van der Waals surface area contributed by atoms with E-state index in [1.807, 2.05) is 25.1 Å². The van der Waals surface area contributed by atoms with Gasteiger partial charge in [-0.15, -0.1) is 32.9 Å². The number of hydrogen-bond acceptors (Lipinski definition) is 7. The second kappa shape index (κ2) is 7.15. The van der Waals surface area contributed by atoms with Crippen molar-refractivity contribution in [2.45, 2.75) is 31.3 Å². The molecule has 0 amide bonds. The van der Waals surface area contributed by atoms with E-state index in [1.165, 1.54) is 0 Å². The van der Waals surface area contributed by atoms with Crippen LogP contribution in [0.3, 0.4) is 0 Å². The number of furan rings is 1. The van der Waals surface area contributed by atoms with Crippen LogP contribution in [0.15, 0.2) is 44.6 Å². The fraction of sp³-hybridized carbons (Fsp3) is 0.235. The van der Waals surface area contributed by atoms with Crippen molar-refractivity contribution < 1.29 is 4.42 Å². The first-order valence-corrected chi connectivity index (χ1v) is 10.6. The minimum atomic E-state index is 0.763. The second-order valence-electron chi connectivity index (χ2n) is 5.37. The van der Waals surface area contributed by atoms with Crippen molar-refractivity contribution in [3.63, 3.8) is 0 Å². The minimum absolute atomic E-state index is 0.763. The molecule has 0 aromatic carbocycles. The molecule has 8 heteroatoms. The molecule has 25 heavy (non-hydrogen) atoms. The van der Waals surface area contributed by atoms with E-state index >= 15 is 0 Å². The molecule has 0 radical (unpaired) electrons. The fourth-order valence-electron chi connectivity index (χ4n) is 2.44. The molecule has 4 aromatic rings. The van der Waals surface area contributed by atoms with Crippen molar-refractivity contribution in [2.24, 2.45) is 0 Å². The molecule has 0 unspecified atom stereocenters. The zero-order valence-electron chi connectivity index (χ0n) is 13.8. The lowest BCUT2D eigenvalue weighted by Crippen LogP contribution is -1.99. The van der Waals surface area contributed by atoms with Crippen LogP contribution in [0.1, 0.15) is 18.4 Å². The molecule has 0 saturated heterocycles. The van der Waals surface area contributed by atoms with E-state index in [0.29, 0.717) is 0 Å². The molecule has 5 nitrogen and oxygen atoms in total. The molecule has 0 aliphatic carbocycles. The van der Waals surface area contributed by atoms with Crippen molar-refractivity contribution in [3.05, 3.63) is 46.5 Å². The molecule has 4 heterocycles. The van der Waals surface area contributed by atoms with Gasteiger partial charge < -0.3 is 8.98 Å². The van der Waals surface area contributed by atoms with Crippen LogP contribution in [0, 0.1) is 6.92 Å². The van der Waals surface area contributed by atoms with Gasteiger partial charge in [0.15, 0.2) is 21.7 Å². The average Bonchev–Trinajstić information content (AvgIpc) is 3.38. The fourth-order valence-corrected chi connectivity index (χ4v) is 4.94. The second-order valence-corrected chi connectivity index (χ2v) is 8.12. The summed E-state index contributed by atoms with van der Waals surface area (Å²) in [5.41, 5.74) is 1.03. The maximum absolute atomic E-state index is 5.64. The Kier molecular flexibility index (Phi) is 4.74. The molecule has 0 aliphatic heterocycles. The first kappa shape index (κ1) is 16.6. The van der Waals surface area contributed by atoms with Crippen LogP contribution in [0.25, 0.3) is 21.5 Å². The largest absolute Gasteiger partial charge is 0.459 e. The zero-order valence-corrected chi connectivity index (χ0v) is 16.2. The molecule has 0 saturated carbocycles. The third kappa shape index (κ3) is 3.42. The minimum Gasteiger partial charge on any atom is -0.459 e. The highest BCUT2D eigenvalue weighted by Gasteiger charge is 2.15. The third-order valence-corrected chi connectivity index (χ3v) is 6.40. The molecule has 4 aromatic heterocycles. The van der Waals surface area contributed by atoms with Crippen molar-refractivity contribution in [2.75, 3.05) is 0 Å². The normalized spacial score (nSPS) is 11.3. The monoisotopic (exact) mass is 388 g/mol. The van der Waals surface area contributed by atoms with E-state index < -0.39 is 0 Å². The Bertz CT molecular complexity index is 968. The van der Waals surface area contributed by atoms with Crippen LogP contribution in [0.2, 0.25) is 0 Å². The van der Waals surface area contributed by atoms with Crippen LogP contribution in [-0.4, -0.2) is 19.7 Å². The Labute approximate surface area is 157 Å². The van der Waals surface area contributed by atoms with Crippen LogP contribution in [0.5, 0.6) is 0 Å². The Hall–Kier alpha value is -1.90. The summed E-state index contributed by atoms with van der Waals surface area (Å²) in [6.45, 7) is 4.90. The predicted octanol–water partition coefficient (Wildman–Crippen LogP) is 5.34. The molecule has 0 bridgehead atoms. The molecule has 0 fully saturated rings. The van der Waals surface area contributed by atoms with E-state index in [-0.39, 0.29) is 0 Å². The highest BCUT2D eigenvalue weighted by atomic mass is 32.2. The van der Waals surface area contributed by atoms with Crippen LogP contribution in [0.4, 0.5) is 0 Å². The molecular formula is C17H16N4OS3. The first-order chi connectivity index (χ1) is 12.2. The Morgan fingerprint density at radius 1 is 1.20 bits per heavy atom. The summed E-state index contributed by atoms with van der Waals surface area (Å²) in [5, 5.41) is 14.7. The van der Waals surface area contributed by atoms with Crippen LogP contribution < -0.4 is 0 Å². The van der Waals surface area contributed by atoms with Gasteiger partial charge in [-0.2, -0.15) is 0 Å². The van der Waals surface area contributed by atoms with Gasteiger partial charge in [-0.05, 0) is 37.4 Å². The number of thiophene rings is 1. The Balaban J connectivity index is 1.49. The van der Waals surface area contributed by atoms with Gasteiger partial charge >= 0.3 is 0 Å². The summed E-state index contributed by atoms with van der Waals surface area (Å²) >= 11 is 4.95. The Morgan fingerprint density at radius 3 is 2.84 bits per heavy atom. The van der Waals surface area contributed by atoms with Gasteiger partial charge in [-0.3, -0.25) is 0 Å². The van der Waals surface area contributed by atoms with E-state index in [4.69, 9.17) is 4.42 Å². The van der Waals surface area contributed by atoms with E-state index in [0.717, 1.165) is 50.4 Å². The zero-order chi connectivity index (χ0) is 17.2. The first-order valence-electron chi connectivity index (χ1n) is 7.85. The maximum atomic E-state index is 5.64. The number of nitrogens with zero attached hydrogens (tertiary/aromatic N) is 4. The maximum Gasteiger partial charge on any atom is 0.191 e. The van der Waals surface area contributed by atoms with Crippen molar-refractivity contribution in [3.8, 4) is 21.5 Å². The van der Waals surface area contributed by atoms with E-state index in [2.05, 4.69) is 43.5 Å². The SMILES string of the molecule is CCn1c(SCc2csc(-c3ccc(C)o3)n2)nnc1-c1cccs1. The summed E-state index contributed by atoms with van der Waals surface area (Å²) in [4.78, 5) is 5.81. The Morgan fingerprint density at radius 2 is 2.12 bits per heavy atom. The quantitative estimate of drug-likeness (QED) is 0.417. The summed E-state index contributed by atoms with van der Waals surface area (Å²) in [6, 6.07) is 8.04. The molecule has 0 atom stereocenters. The molecular weight excluding hydrogens is 372 g/mol. The van der Waals surface area contributed by atoms with Gasteiger partial charge in [0, 0.05) is 17.7 Å². The number of thioether (sulfide) groups is 1. The molecule has 0 N–H and O–H groups in total. The topological polar surface area (TPSA) is 56.7 Å². The van der Waals surface area contributed by atoms with E-state index in [1.54, 1.807) is 34.4 Å². The highest BCUT2D eigenvalue weighted by molar-refractivity contribution is 7.98. The van der Waals surface area contributed by atoms with Crippen molar-refractivity contribution in [1.82, 2.24) is 19.7 Å². The van der Waals surface area contributed by atoms with Gasteiger partial charge in [-0.25, -0.2) is 4.98 Å². The molecule has 0 spiro atoms. The summed E-state index contributed by atoms with van der Waals surface area (Å²) in [7, 11) is 0. The van der Waals surface area contributed by atoms with Crippen LogP contribution >= 0.6 is 34.4 Å². The number of aromatic nitrogens is 4. The summed E-state index contributed by atoms with van der Waals surface area (Å²) in [6.07, 6.45) is 0. The van der Waals surface area contributed by atoms with Gasteiger partial charge in [0.2, 0.25) is 0 Å². The van der Waals surface area contributed by atoms with Gasteiger partial charge in [0.1, 0.15) is 5.76 Å². The van der Waals surface area contributed by atoms with Gasteiger partial charge in [0.25, 0.3) is 0 Å². The molecule has 0 aliphatic rings. The number of aryl methyl sites for hydroxylation is 1. The van der Waals surface area contributed by atoms with E-state index in [9.17, 15) is 0 Å².